The molecule has 0 aromatic heterocycles. The van der Waals surface area contributed by atoms with Gasteiger partial charge in [0.05, 0.1) is 0 Å². The Morgan fingerprint density at radius 2 is 1.12 bits per heavy atom. The SMILES string of the molecule is [Cl-].[Cl-].[Cl-].[Zr+4].c1ccc2c(c1)-c1ccccc1C2c1cc2ccccc2[cH-]1. The van der Waals surface area contributed by atoms with E-state index in [1.54, 1.807) is 0 Å². The van der Waals surface area contributed by atoms with Crippen LogP contribution in [0.2, 0.25) is 0 Å². The molecule has 0 heterocycles. The van der Waals surface area contributed by atoms with Crippen LogP contribution in [0.15, 0.2) is 84.9 Å². The zero-order valence-corrected chi connectivity index (χ0v) is 18.5. The summed E-state index contributed by atoms with van der Waals surface area (Å²) in [7, 11) is 0. The van der Waals surface area contributed by atoms with Gasteiger partial charge >= 0.3 is 26.2 Å². The first-order valence-corrected chi connectivity index (χ1v) is 7.75. The average Bonchev–Trinajstić information content (AvgIpc) is 3.13. The van der Waals surface area contributed by atoms with Crippen LogP contribution < -0.4 is 37.2 Å². The van der Waals surface area contributed by atoms with E-state index in [4.69, 9.17) is 0 Å². The average molecular weight is 477 g/mol. The van der Waals surface area contributed by atoms with Crippen molar-refractivity contribution >= 4 is 10.8 Å². The molecule has 0 aliphatic heterocycles. The molecule has 1 aliphatic rings. The number of hydrogen-bond donors (Lipinski definition) is 0. The Labute approximate surface area is 191 Å². The van der Waals surface area contributed by atoms with E-state index in [-0.39, 0.29) is 63.4 Å². The predicted octanol–water partition coefficient (Wildman–Crippen LogP) is -3.27. The van der Waals surface area contributed by atoms with Gasteiger partial charge in [-0.3, -0.25) is 0 Å². The molecular formula is C22H15Cl3Zr. The van der Waals surface area contributed by atoms with Crippen molar-refractivity contribution in [2.45, 2.75) is 5.92 Å². The summed E-state index contributed by atoms with van der Waals surface area (Å²) in [6.45, 7) is 0. The smallest absolute Gasteiger partial charge is 1.00 e. The van der Waals surface area contributed by atoms with E-state index in [1.807, 2.05) is 0 Å². The largest absolute Gasteiger partial charge is 4.00 e. The molecule has 5 rings (SSSR count). The summed E-state index contributed by atoms with van der Waals surface area (Å²) in [5.41, 5.74) is 7.03. The minimum Gasteiger partial charge on any atom is -1.00 e. The molecule has 128 valence electrons. The van der Waals surface area contributed by atoms with Gasteiger partial charge in [0.1, 0.15) is 0 Å². The topological polar surface area (TPSA) is 0 Å². The molecule has 1 aliphatic carbocycles. The third-order valence-electron chi connectivity index (χ3n) is 4.81. The standard InChI is InChI=1S/C22H15.3ClH.Zr/c1-2-8-16-14-17(13-15(16)7-1)22-20-11-5-3-9-18(20)19-10-4-6-12-21(19)22;;;;/h1-14,22H;3*1H;/q-1;;;;+4/p-3. The first-order valence-electron chi connectivity index (χ1n) is 7.75. The van der Waals surface area contributed by atoms with E-state index in [2.05, 4.69) is 84.9 Å². The van der Waals surface area contributed by atoms with Crippen LogP contribution in [0.3, 0.4) is 0 Å². The third-order valence-corrected chi connectivity index (χ3v) is 4.81. The minimum atomic E-state index is 0. The van der Waals surface area contributed by atoms with Gasteiger partial charge in [-0.25, -0.2) is 0 Å². The number of fused-ring (bicyclic) bond motifs is 4. The van der Waals surface area contributed by atoms with Gasteiger partial charge in [-0.1, -0.05) is 54.6 Å². The molecule has 0 saturated carbocycles. The quantitative estimate of drug-likeness (QED) is 0.223. The van der Waals surface area contributed by atoms with Gasteiger partial charge in [-0.2, -0.15) is 6.07 Å². The van der Waals surface area contributed by atoms with Crippen LogP contribution in [-0.2, 0) is 26.2 Å². The van der Waals surface area contributed by atoms with Crippen LogP contribution in [0, 0.1) is 0 Å². The van der Waals surface area contributed by atoms with E-state index >= 15 is 0 Å². The molecule has 0 N–H and O–H groups in total. The van der Waals surface area contributed by atoms with Crippen molar-refractivity contribution < 1.29 is 63.4 Å². The molecule has 0 bridgehead atoms. The Morgan fingerprint density at radius 3 is 1.69 bits per heavy atom. The van der Waals surface area contributed by atoms with Crippen LogP contribution >= 0.6 is 0 Å². The summed E-state index contributed by atoms with van der Waals surface area (Å²) in [4.78, 5) is 0. The van der Waals surface area contributed by atoms with Gasteiger partial charge in [0.15, 0.2) is 0 Å². The monoisotopic (exact) mass is 474 g/mol. The van der Waals surface area contributed by atoms with Gasteiger partial charge < -0.3 is 37.2 Å². The molecule has 0 nitrogen and oxygen atoms in total. The summed E-state index contributed by atoms with van der Waals surface area (Å²) in [6.07, 6.45) is 0. The molecule has 4 aromatic rings. The molecule has 0 radical (unpaired) electrons. The van der Waals surface area contributed by atoms with Gasteiger partial charge in [-0.15, -0.1) is 40.6 Å². The van der Waals surface area contributed by atoms with Crippen molar-refractivity contribution in [3.05, 3.63) is 102 Å². The molecule has 0 unspecified atom stereocenters. The fourth-order valence-electron chi connectivity index (χ4n) is 3.86. The van der Waals surface area contributed by atoms with Crippen molar-refractivity contribution in [2.24, 2.45) is 0 Å². The second-order valence-electron chi connectivity index (χ2n) is 6.03. The first kappa shape index (κ1) is 23.1. The van der Waals surface area contributed by atoms with Gasteiger partial charge in [0, 0.05) is 5.92 Å². The zero-order chi connectivity index (χ0) is 14.5. The van der Waals surface area contributed by atoms with Crippen molar-refractivity contribution in [1.82, 2.24) is 0 Å². The summed E-state index contributed by atoms with van der Waals surface area (Å²) in [5.74, 6) is 0.361. The predicted molar refractivity (Wildman–Crippen MR) is 92.4 cm³/mol. The van der Waals surface area contributed by atoms with E-state index in [0.29, 0.717) is 5.92 Å². The maximum Gasteiger partial charge on any atom is 4.00 e. The number of halogens is 3. The Bertz CT molecular complexity index is 928. The summed E-state index contributed by atoms with van der Waals surface area (Å²) < 4.78 is 0. The Hall–Kier alpha value is -0.977. The summed E-state index contributed by atoms with van der Waals surface area (Å²) in [6, 6.07) is 30.9. The molecular weight excluding hydrogens is 462 g/mol. The first-order chi connectivity index (χ1) is 10.9. The maximum absolute atomic E-state index is 2.35. The molecule has 26 heavy (non-hydrogen) atoms. The van der Waals surface area contributed by atoms with Crippen molar-refractivity contribution in [3.8, 4) is 11.1 Å². The van der Waals surface area contributed by atoms with Crippen molar-refractivity contribution in [1.29, 1.82) is 0 Å². The molecule has 0 spiro atoms. The molecule has 0 atom stereocenters. The number of benzene rings is 3. The summed E-state index contributed by atoms with van der Waals surface area (Å²) in [5, 5.41) is 2.67. The fraction of sp³-hybridized carbons (Fsp3) is 0.0455. The zero-order valence-electron chi connectivity index (χ0n) is 13.8. The van der Waals surface area contributed by atoms with E-state index in [9.17, 15) is 0 Å². The molecule has 0 saturated heterocycles. The number of hydrogen-bond acceptors (Lipinski definition) is 0. The number of rotatable bonds is 1. The van der Waals surface area contributed by atoms with Crippen LogP contribution in [0.25, 0.3) is 21.9 Å². The van der Waals surface area contributed by atoms with Crippen molar-refractivity contribution in [2.75, 3.05) is 0 Å². The normalized spacial score (nSPS) is 11.2. The van der Waals surface area contributed by atoms with Gasteiger partial charge in [-0.05, 0) is 22.3 Å². The second kappa shape index (κ2) is 9.29. The third kappa shape index (κ3) is 3.56. The second-order valence-corrected chi connectivity index (χ2v) is 6.03. The Morgan fingerprint density at radius 1 is 0.615 bits per heavy atom. The maximum atomic E-state index is 2.35. The summed E-state index contributed by atoms with van der Waals surface area (Å²) >= 11 is 0. The Balaban J connectivity index is 0.000000845. The van der Waals surface area contributed by atoms with Crippen LogP contribution in [0.5, 0.6) is 0 Å². The van der Waals surface area contributed by atoms with Crippen LogP contribution in [0.1, 0.15) is 22.6 Å². The van der Waals surface area contributed by atoms with Gasteiger partial charge in [0.2, 0.25) is 0 Å². The molecule has 0 fully saturated rings. The minimum absolute atomic E-state index is 0. The molecule has 4 heteroatoms. The van der Waals surface area contributed by atoms with Crippen molar-refractivity contribution in [3.63, 3.8) is 0 Å². The fourth-order valence-corrected chi connectivity index (χ4v) is 3.86. The molecule has 4 aromatic carbocycles. The van der Waals surface area contributed by atoms with Crippen LogP contribution in [0.4, 0.5) is 0 Å². The van der Waals surface area contributed by atoms with Crippen LogP contribution in [-0.4, -0.2) is 0 Å². The van der Waals surface area contributed by atoms with E-state index < -0.39 is 0 Å². The van der Waals surface area contributed by atoms with E-state index in [1.165, 1.54) is 38.6 Å². The molecule has 0 amide bonds. The van der Waals surface area contributed by atoms with Gasteiger partial charge in [0.25, 0.3) is 0 Å². The van der Waals surface area contributed by atoms with E-state index in [0.717, 1.165) is 0 Å². The Kier molecular flexibility index (Phi) is 8.24.